The number of fused-ring (bicyclic) bond motifs is 1. The summed E-state index contributed by atoms with van der Waals surface area (Å²) in [5.74, 6) is 0. The molecular weight excluding hydrogens is 306 g/mol. The van der Waals surface area contributed by atoms with Crippen LogP contribution in [0.5, 0.6) is 0 Å². The Balaban J connectivity index is 1.58. The normalized spacial score (nSPS) is 20.4. The first kappa shape index (κ1) is 17.1. The lowest BCUT2D eigenvalue weighted by Gasteiger charge is -2.27. The van der Waals surface area contributed by atoms with Crippen LogP contribution in [0.3, 0.4) is 0 Å². The average molecular weight is 340 g/mol. The molecule has 1 aliphatic carbocycles. The van der Waals surface area contributed by atoms with Crippen LogP contribution in [0.15, 0.2) is 24.3 Å². The van der Waals surface area contributed by atoms with Gasteiger partial charge in [0.05, 0.1) is 0 Å². The lowest BCUT2D eigenvalue weighted by atomic mass is 9.95. The molecule has 0 amide bonds. The summed E-state index contributed by atoms with van der Waals surface area (Å²) < 4.78 is 2.43. The maximum Gasteiger partial charge on any atom is 0.0483 e. The Hall–Kier alpha value is -1.32. The van der Waals surface area contributed by atoms with Gasteiger partial charge in [0, 0.05) is 42.8 Å². The van der Waals surface area contributed by atoms with Gasteiger partial charge in [-0.2, -0.15) is 0 Å². The molecule has 0 unspecified atom stereocenters. The molecule has 1 saturated carbocycles. The number of nitrogens with zero attached hydrogens (tertiary/aromatic N) is 2. The molecule has 0 spiro atoms. The minimum Gasteiger partial charge on any atom is -0.346 e. The minimum absolute atomic E-state index is 0.717. The predicted molar refractivity (Wildman–Crippen MR) is 106 cm³/mol. The molecule has 0 radical (unpaired) electrons. The van der Waals surface area contributed by atoms with Crippen molar-refractivity contribution in [2.75, 3.05) is 13.1 Å². The van der Waals surface area contributed by atoms with Crippen molar-refractivity contribution in [1.82, 2.24) is 14.8 Å². The molecule has 4 rings (SSSR count). The third kappa shape index (κ3) is 3.78. The second-order valence-electron chi connectivity index (χ2n) is 8.05. The van der Waals surface area contributed by atoms with Crippen LogP contribution in [0.25, 0.3) is 10.9 Å². The SMILES string of the molecule is Cn1c(CNC2CCCCC2)c(CN2CCCCC2)c2ccccc21. The van der Waals surface area contributed by atoms with Gasteiger partial charge in [0.15, 0.2) is 0 Å². The molecule has 25 heavy (non-hydrogen) atoms. The van der Waals surface area contributed by atoms with E-state index < -0.39 is 0 Å². The summed E-state index contributed by atoms with van der Waals surface area (Å²) in [5, 5.41) is 5.33. The van der Waals surface area contributed by atoms with Crippen molar-refractivity contribution in [3.8, 4) is 0 Å². The van der Waals surface area contributed by atoms with E-state index in [4.69, 9.17) is 0 Å². The maximum absolute atomic E-state index is 3.88. The molecule has 2 aromatic rings. The van der Waals surface area contributed by atoms with E-state index in [1.54, 1.807) is 5.56 Å². The molecular formula is C22H33N3. The number of rotatable bonds is 5. The highest BCUT2D eigenvalue weighted by Crippen LogP contribution is 2.28. The molecule has 2 heterocycles. The van der Waals surface area contributed by atoms with Gasteiger partial charge in [-0.3, -0.25) is 4.90 Å². The van der Waals surface area contributed by atoms with Crippen LogP contribution in [0.2, 0.25) is 0 Å². The van der Waals surface area contributed by atoms with Crippen molar-refractivity contribution in [1.29, 1.82) is 0 Å². The van der Waals surface area contributed by atoms with Gasteiger partial charge in [-0.05, 0) is 50.4 Å². The van der Waals surface area contributed by atoms with Gasteiger partial charge in [-0.1, -0.05) is 43.9 Å². The maximum atomic E-state index is 3.88. The van der Waals surface area contributed by atoms with Crippen LogP contribution in [0, 0.1) is 0 Å². The number of hydrogen-bond acceptors (Lipinski definition) is 2. The van der Waals surface area contributed by atoms with Crippen molar-refractivity contribution in [2.45, 2.75) is 70.5 Å². The smallest absolute Gasteiger partial charge is 0.0483 e. The van der Waals surface area contributed by atoms with E-state index in [0.29, 0.717) is 0 Å². The largest absolute Gasteiger partial charge is 0.346 e. The van der Waals surface area contributed by atoms with Crippen molar-refractivity contribution < 1.29 is 0 Å². The molecule has 2 aliphatic rings. The van der Waals surface area contributed by atoms with Crippen LogP contribution in [-0.4, -0.2) is 28.6 Å². The molecule has 1 aliphatic heterocycles. The lowest BCUT2D eigenvalue weighted by Crippen LogP contribution is -2.32. The summed E-state index contributed by atoms with van der Waals surface area (Å²) in [6, 6.07) is 9.68. The van der Waals surface area contributed by atoms with Crippen LogP contribution in [-0.2, 0) is 20.1 Å². The van der Waals surface area contributed by atoms with Gasteiger partial charge in [0.1, 0.15) is 0 Å². The zero-order valence-corrected chi connectivity index (χ0v) is 15.8. The van der Waals surface area contributed by atoms with Gasteiger partial charge in [-0.25, -0.2) is 0 Å². The number of para-hydroxylation sites is 1. The molecule has 0 bridgehead atoms. The number of piperidine rings is 1. The minimum atomic E-state index is 0.717. The molecule has 136 valence electrons. The first-order chi connectivity index (χ1) is 12.3. The Kier molecular flexibility index (Phi) is 5.42. The molecule has 3 heteroatoms. The number of aromatic nitrogens is 1. The summed E-state index contributed by atoms with van der Waals surface area (Å²) in [7, 11) is 2.25. The molecule has 3 nitrogen and oxygen atoms in total. The van der Waals surface area contributed by atoms with E-state index in [2.05, 4.69) is 46.1 Å². The van der Waals surface area contributed by atoms with Crippen LogP contribution in [0.4, 0.5) is 0 Å². The van der Waals surface area contributed by atoms with Crippen LogP contribution >= 0.6 is 0 Å². The Morgan fingerprint density at radius 2 is 1.68 bits per heavy atom. The zero-order chi connectivity index (χ0) is 17.1. The van der Waals surface area contributed by atoms with Gasteiger partial charge in [-0.15, -0.1) is 0 Å². The second kappa shape index (κ2) is 7.92. The highest BCUT2D eigenvalue weighted by molar-refractivity contribution is 5.85. The quantitative estimate of drug-likeness (QED) is 0.860. The topological polar surface area (TPSA) is 20.2 Å². The van der Waals surface area contributed by atoms with E-state index in [0.717, 1.165) is 19.1 Å². The third-order valence-electron chi connectivity index (χ3n) is 6.34. The molecule has 1 saturated heterocycles. The van der Waals surface area contributed by atoms with Gasteiger partial charge < -0.3 is 9.88 Å². The number of hydrogen-bond donors (Lipinski definition) is 1. The third-order valence-corrected chi connectivity index (χ3v) is 6.34. The van der Waals surface area contributed by atoms with Gasteiger partial charge in [0.2, 0.25) is 0 Å². The molecule has 1 N–H and O–H groups in total. The Morgan fingerprint density at radius 3 is 2.48 bits per heavy atom. The first-order valence-electron chi connectivity index (χ1n) is 10.3. The van der Waals surface area contributed by atoms with E-state index in [1.807, 2.05) is 0 Å². The number of aryl methyl sites for hydroxylation is 1. The van der Waals surface area contributed by atoms with E-state index in [1.165, 1.54) is 81.1 Å². The monoisotopic (exact) mass is 339 g/mol. The fourth-order valence-electron chi connectivity index (χ4n) is 4.82. The van der Waals surface area contributed by atoms with Crippen molar-refractivity contribution in [3.63, 3.8) is 0 Å². The average Bonchev–Trinajstić information content (AvgIpc) is 2.94. The Labute approximate surface area is 152 Å². The van der Waals surface area contributed by atoms with Crippen LogP contribution in [0.1, 0.15) is 62.6 Å². The Bertz CT molecular complexity index is 691. The zero-order valence-electron chi connectivity index (χ0n) is 15.8. The summed E-state index contributed by atoms with van der Waals surface area (Å²) in [6.45, 7) is 4.65. The highest BCUT2D eigenvalue weighted by Gasteiger charge is 2.20. The molecule has 1 aromatic carbocycles. The van der Waals surface area contributed by atoms with E-state index >= 15 is 0 Å². The van der Waals surface area contributed by atoms with Gasteiger partial charge in [0.25, 0.3) is 0 Å². The first-order valence-corrected chi connectivity index (χ1v) is 10.3. The number of benzene rings is 1. The summed E-state index contributed by atoms with van der Waals surface area (Å²) in [6.07, 6.45) is 11.0. The van der Waals surface area contributed by atoms with Crippen molar-refractivity contribution in [2.24, 2.45) is 7.05 Å². The van der Waals surface area contributed by atoms with Crippen molar-refractivity contribution in [3.05, 3.63) is 35.5 Å². The summed E-state index contributed by atoms with van der Waals surface area (Å²) in [5.41, 5.74) is 4.44. The summed E-state index contributed by atoms with van der Waals surface area (Å²) >= 11 is 0. The molecule has 1 aromatic heterocycles. The lowest BCUT2D eigenvalue weighted by molar-refractivity contribution is 0.220. The highest BCUT2D eigenvalue weighted by atomic mass is 15.1. The molecule has 2 fully saturated rings. The number of likely N-dealkylation sites (tertiary alicyclic amines) is 1. The predicted octanol–water partition coefficient (Wildman–Crippen LogP) is 4.59. The number of nitrogens with one attached hydrogen (secondary N) is 1. The summed E-state index contributed by atoms with van der Waals surface area (Å²) in [4.78, 5) is 2.66. The van der Waals surface area contributed by atoms with Gasteiger partial charge >= 0.3 is 0 Å². The van der Waals surface area contributed by atoms with E-state index in [-0.39, 0.29) is 0 Å². The molecule has 0 atom stereocenters. The standard InChI is InChI=1S/C22H33N3/c1-24-21-13-7-6-12-19(21)20(17-25-14-8-3-9-15-25)22(24)16-23-18-10-4-2-5-11-18/h6-7,12-13,18,23H,2-5,8-11,14-17H2,1H3. The van der Waals surface area contributed by atoms with Crippen LogP contribution < -0.4 is 5.32 Å². The fourth-order valence-corrected chi connectivity index (χ4v) is 4.82. The second-order valence-corrected chi connectivity index (χ2v) is 8.05. The van der Waals surface area contributed by atoms with E-state index in [9.17, 15) is 0 Å². The Morgan fingerprint density at radius 1 is 0.960 bits per heavy atom. The van der Waals surface area contributed by atoms with Crippen molar-refractivity contribution >= 4 is 10.9 Å². The fraction of sp³-hybridized carbons (Fsp3) is 0.636.